The van der Waals surface area contributed by atoms with Crippen LogP contribution in [0.5, 0.6) is 0 Å². The Hall–Kier alpha value is -2.47. The summed E-state index contributed by atoms with van der Waals surface area (Å²) in [4.78, 5) is 16.3. The van der Waals surface area contributed by atoms with Crippen LogP contribution in [0.2, 0.25) is 0 Å². The first-order chi connectivity index (χ1) is 10.1. The number of amides is 2. The zero-order valence-electron chi connectivity index (χ0n) is 11.2. The molecule has 0 aliphatic carbocycles. The van der Waals surface area contributed by atoms with E-state index in [0.717, 1.165) is 15.8 Å². The predicted octanol–water partition coefficient (Wildman–Crippen LogP) is 4.39. The van der Waals surface area contributed by atoms with Crippen molar-refractivity contribution < 1.29 is 9.18 Å². The van der Waals surface area contributed by atoms with Crippen LogP contribution in [0.3, 0.4) is 0 Å². The van der Waals surface area contributed by atoms with Gasteiger partial charge in [-0.3, -0.25) is 5.32 Å². The summed E-state index contributed by atoms with van der Waals surface area (Å²) in [6.45, 7) is 1.97. The third kappa shape index (κ3) is 3.00. The van der Waals surface area contributed by atoms with E-state index in [4.69, 9.17) is 0 Å². The summed E-state index contributed by atoms with van der Waals surface area (Å²) in [6, 6.07) is 11.1. The van der Waals surface area contributed by atoms with Crippen LogP contribution < -0.4 is 10.6 Å². The van der Waals surface area contributed by atoms with E-state index in [1.807, 2.05) is 25.1 Å². The van der Waals surface area contributed by atoms with Crippen molar-refractivity contribution in [3.8, 4) is 0 Å². The monoisotopic (exact) mass is 301 g/mol. The molecule has 0 aliphatic heterocycles. The number of aryl methyl sites for hydroxylation is 1. The number of para-hydroxylation sites is 1. The van der Waals surface area contributed by atoms with E-state index in [9.17, 15) is 9.18 Å². The van der Waals surface area contributed by atoms with Gasteiger partial charge in [-0.05, 0) is 36.8 Å². The van der Waals surface area contributed by atoms with E-state index in [-0.39, 0.29) is 0 Å². The topological polar surface area (TPSA) is 54.0 Å². The number of anilines is 2. The molecule has 0 saturated heterocycles. The first kappa shape index (κ1) is 13.5. The SMILES string of the molecule is Cc1cccc2sc(NC(=O)Nc3cccc(F)c3)nc12. The number of benzene rings is 2. The smallest absolute Gasteiger partial charge is 0.308 e. The third-order valence-corrected chi connectivity index (χ3v) is 3.86. The second-order valence-corrected chi connectivity index (χ2v) is 5.56. The number of rotatable bonds is 2. The number of aromatic nitrogens is 1. The lowest BCUT2D eigenvalue weighted by atomic mass is 10.2. The summed E-state index contributed by atoms with van der Waals surface area (Å²) in [5, 5.41) is 5.74. The summed E-state index contributed by atoms with van der Waals surface area (Å²) in [7, 11) is 0. The molecule has 0 bridgehead atoms. The Morgan fingerprint density at radius 3 is 2.76 bits per heavy atom. The Balaban J connectivity index is 1.75. The number of fused-ring (bicyclic) bond motifs is 1. The van der Waals surface area contributed by atoms with Crippen molar-refractivity contribution in [2.24, 2.45) is 0 Å². The Bertz CT molecular complexity index is 816. The van der Waals surface area contributed by atoms with E-state index < -0.39 is 11.8 Å². The predicted molar refractivity (Wildman–Crippen MR) is 83.4 cm³/mol. The largest absolute Gasteiger partial charge is 0.325 e. The fraction of sp³-hybridized carbons (Fsp3) is 0.0667. The quantitative estimate of drug-likeness (QED) is 0.737. The Morgan fingerprint density at radius 1 is 1.19 bits per heavy atom. The lowest BCUT2D eigenvalue weighted by Crippen LogP contribution is -2.19. The van der Waals surface area contributed by atoms with Gasteiger partial charge in [0, 0.05) is 5.69 Å². The molecule has 6 heteroatoms. The maximum atomic E-state index is 13.0. The van der Waals surface area contributed by atoms with Gasteiger partial charge in [0.2, 0.25) is 0 Å². The molecule has 2 N–H and O–H groups in total. The summed E-state index contributed by atoms with van der Waals surface area (Å²) in [5.74, 6) is -0.400. The van der Waals surface area contributed by atoms with Crippen LogP contribution in [0.25, 0.3) is 10.2 Å². The number of thiazole rings is 1. The van der Waals surface area contributed by atoms with E-state index in [1.54, 1.807) is 6.07 Å². The fourth-order valence-corrected chi connectivity index (χ4v) is 2.90. The van der Waals surface area contributed by atoms with E-state index >= 15 is 0 Å². The van der Waals surface area contributed by atoms with Crippen LogP contribution >= 0.6 is 11.3 Å². The van der Waals surface area contributed by atoms with Crippen LogP contribution in [0, 0.1) is 12.7 Å². The normalized spacial score (nSPS) is 10.6. The summed E-state index contributed by atoms with van der Waals surface area (Å²) >= 11 is 1.40. The average Bonchev–Trinajstić information content (AvgIpc) is 2.82. The highest BCUT2D eigenvalue weighted by Crippen LogP contribution is 2.27. The Morgan fingerprint density at radius 2 is 2.00 bits per heavy atom. The summed E-state index contributed by atoms with van der Waals surface area (Å²) in [5.41, 5.74) is 2.33. The van der Waals surface area contributed by atoms with Crippen molar-refractivity contribution in [1.82, 2.24) is 4.98 Å². The molecule has 2 amide bonds. The van der Waals surface area contributed by atoms with Crippen LogP contribution in [0.4, 0.5) is 20.0 Å². The molecule has 2 aromatic carbocycles. The summed E-state index contributed by atoms with van der Waals surface area (Å²) < 4.78 is 14.1. The van der Waals surface area contributed by atoms with Gasteiger partial charge in [-0.2, -0.15) is 0 Å². The molecule has 0 saturated carbocycles. The number of halogens is 1. The minimum Gasteiger partial charge on any atom is -0.308 e. The second kappa shape index (κ2) is 5.49. The van der Waals surface area contributed by atoms with E-state index in [2.05, 4.69) is 15.6 Å². The number of urea groups is 1. The van der Waals surface area contributed by atoms with E-state index in [1.165, 1.54) is 29.5 Å². The van der Waals surface area contributed by atoms with Gasteiger partial charge in [0.05, 0.1) is 10.2 Å². The summed E-state index contributed by atoms with van der Waals surface area (Å²) in [6.07, 6.45) is 0. The zero-order valence-corrected chi connectivity index (χ0v) is 12.0. The number of carbonyl (C=O) groups is 1. The molecular formula is C15H12FN3OS. The van der Waals surface area contributed by atoms with E-state index in [0.29, 0.717) is 10.8 Å². The molecule has 0 unspecified atom stereocenters. The maximum Gasteiger partial charge on any atom is 0.325 e. The molecule has 4 nitrogen and oxygen atoms in total. The number of hydrogen-bond acceptors (Lipinski definition) is 3. The van der Waals surface area contributed by atoms with Gasteiger partial charge in [0.1, 0.15) is 5.82 Å². The molecule has 0 spiro atoms. The van der Waals surface area contributed by atoms with Crippen LogP contribution in [0.15, 0.2) is 42.5 Å². The molecule has 0 atom stereocenters. The van der Waals surface area contributed by atoms with Crippen molar-refractivity contribution in [2.45, 2.75) is 6.92 Å². The minimum atomic E-state index is -0.447. The van der Waals surface area contributed by atoms with Crippen LogP contribution in [0.1, 0.15) is 5.56 Å². The molecule has 3 aromatic rings. The number of nitrogens with zero attached hydrogens (tertiary/aromatic N) is 1. The van der Waals surface area contributed by atoms with Crippen molar-refractivity contribution in [2.75, 3.05) is 10.6 Å². The first-order valence-corrected chi connectivity index (χ1v) is 7.13. The lowest BCUT2D eigenvalue weighted by Gasteiger charge is -2.04. The fourth-order valence-electron chi connectivity index (χ4n) is 1.97. The van der Waals surface area contributed by atoms with Gasteiger partial charge in [0.25, 0.3) is 0 Å². The van der Waals surface area contributed by atoms with Crippen molar-refractivity contribution in [1.29, 1.82) is 0 Å². The highest BCUT2D eigenvalue weighted by Gasteiger charge is 2.09. The van der Waals surface area contributed by atoms with Gasteiger partial charge < -0.3 is 5.32 Å². The van der Waals surface area contributed by atoms with Crippen LogP contribution in [-0.2, 0) is 0 Å². The molecule has 21 heavy (non-hydrogen) atoms. The Kier molecular flexibility index (Phi) is 3.53. The second-order valence-electron chi connectivity index (χ2n) is 4.53. The third-order valence-electron chi connectivity index (χ3n) is 2.92. The molecule has 0 radical (unpaired) electrons. The van der Waals surface area contributed by atoms with Gasteiger partial charge in [-0.1, -0.05) is 29.5 Å². The van der Waals surface area contributed by atoms with Gasteiger partial charge in [-0.15, -0.1) is 0 Å². The van der Waals surface area contributed by atoms with Crippen molar-refractivity contribution >= 4 is 38.4 Å². The molecule has 0 aliphatic rings. The highest BCUT2D eigenvalue weighted by atomic mass is 32.1. The lowest BCUT2D eigenvalue weighted by molar-refractivity contribution is 0.262. The molecule has 1 heterocycles. The van der Waals surface area contributed by atoms with Gasteiger partial charge in [-0.25, -0.2) is 14.2 Å². The molecule has 0 fully saturated rings. The van der Waals surface area contributed by atoms with Gasteiger partial charge in [0.15, 0.2) is 5.13 Å². The average molecular weight is 301 g/mol. The number of hydrogen-bond donors (Lipinski definition) is 2. The number of nitrogens with one attached hydrogen (secondary N) is 2. The van der Waals surface area contributed by atoms with Crippen LogP contribution in [-0.4, -0.2) is 11.0 Å². The molecular weight excluding hydrogens is 289 g/mol. The highest BCUT2D eigenvalue weighted by molar-refractivity contribution is 7.22. The molecule has 106 valence electrons. The van der Waals surface area contributed by atoms with Crippen molar-refractivity contribution in [3.63, 3.8) is 0 Å². The van der Waals surface area contributed by atoms with Gasteiger partial charge >= 0.3 is 6.03 Å². The molecule has 1 aromatic heterocycles. The van der Waals surface area contributed by atoms with Crippen molar-refractivity contribution in [3.05, 3.63) is 53.8 Å². The number of carbonyl (C=O) groups excluding carboxylic acids is 1. The maximum absolute atomic E-state index is 13.0. The first-order valence-electron chi connectivity index (χ1n) is 6.31. The zero-order chi connectivity index (χ0) is 14.8. The standard InChI is InChI=1S/C15H12FN3OS/c1-9-4-2-7-12-13(9)18-15(21-12)19-14(20)17-11-6-3-5-10(16)8-11/h2-8H,1H3,(H2,17,18,19,20). The Labute approximate surface area is 124 Å². The molecule has 3 rings (SSSR count). The minimum absolute atomic E-state index is 0.393.